The number of Topliss-reactive ketones (excluding diaryl/α,β-unsaturated/α-hetero) is 1. The lowest BCUT2D eigenvalue weighted by molar-refractivity contribution is 0.0970. The first kappa shape index (κ1) is 16.0. The zero-order valence-electron chi connectivity index (χ0n) is 13.9. The molecule has 0 N–H and O–H groups in total. The molecule has 0 bridgehead atoms. The zero-order chi connectivity index (χ0) is 17.4. The van der Waals surface area contributed by atoms with Crippen LogP contribution in [0.2, 0.25) is 0 Å². The van der Waals surface area contributed by atoms with E-state index in [1.165, 1.54) is 22.2 Å². The summed E-state index contributed by atoms with van der Waals surface area (Å²) >= 11 is 1.62. The molecule has 3 aromatic rings. The van der Waals surface area contributed by atoms with Crippen molar-refractivity contribution in [3.63, 3.8) is 0 Å². The second-order valence-electron chi connectivity index (χ2n) is 6.22. The van der Waals surface area contributed by atoms with Crippen LogP contribution in [0.4, 0.5) is 0 Å². The normalized spacial score (nSPS) is 13.6. The molecule has 0 aliphatic heterocycles. The first-order valence-electron chi connectivity index (χ1n) is 8.34. The highest BCUT2D eigenvalue weighted by atomic mass is 32.1. The molecule has 1 aliphatic carbocycles. The molecule has 128 valence electrons. The van der Waals surface area contributed by atoms with Gasteiger partial charge in [0.05, 0.1) is 25.4 Å². The quantitative estimate of drug-likeness (QED) is 0.675. The van der Waals surface area contributed by atoms with Crippen LogP contribution < -0.4 is 10.3 Å². The first-order chi connectivity index (χ1) is 12.2. The van der Waals surface area contributed by atoms with E-state index in [1.807, 2.05) is 0 Å². The zero-order valence-corrected chi connectivity index (χ0v) is 14.8. The van der Waals surface area contributed by atoms with Gasteiger partial charge in [0, 0.05) is 10.4 Å². The molecule has 2 aromatic heterocycles. The van der Waals surface area contributed by atoms with E-state index in [0.29, 0.717) is 16.7 Å². The van der Waals surface area contributed by atoms with Gasteiger partial charge >= 0.3 is 0 Å². The number of carbonyl (C=O) groups is 1. The van der Waals surface area contributed by atoms with Gasteiger partial charge in [-0.1, -0.05) is 12.1 Å². The molecular weight excluding hydrogens is 336 g/mol. The third kappa shape index (κ3) is 2.87. The molecule has 0 fully saturated rings. The fourth-order valence-corrected chi connectivity index (χ4v) is 4.56. The van der Waals surface area contributed by atoms with Gasteiger partial charge in [-0.05, 0) is 43.4 Å². The number of aryl methyl sites for hydroxylation is 2. The van der Waals surface area contributed by atoms with Gasteiger partial charge < -0.3 is 4.74 Å². The number of aromatic nitrogens is 2. The number of hydrogen-bond donors (Lipinski definition) is 0. The molecular formula is C19H18N2O3S. The van der Waals surface area contributed by atoms with E-state index in [-0.39, 0.29) is 17.9 Å². The van der Waals surface area contributed by atoms with Gasteiger partial charge in [0.1, 0.15) is 10.6 Å². The Morgan fingerprint density at radius 3 is 3.00 bits per heavy atom. The van der Waals surface area contributed by atoms with Crippen LogP contribution in [0.3, 0.4) is 0 Å². The summed E-state index contributed by atoms with van der Waals surface area (Å²) in [5.74, 6) is 0.491. The Bertz CT molecular complexity index is 1020. The fraction of sp³-hybridized carbons (Fsp3) is 0.316. The maximum absolute atomic E-state index is 12.9. The SMILES string of the molecule is COc1cccc(C(=O)Cn2cnc3sc4c(c3c2=O)CCCC4)c1. The maximum Gasteiger partial charge on any atom is 0.262 e. The number of ketones is 1. The Morgan fingerprint density at radius 1 is 1.32 bits per heavy atom. The molecule has 25 heavy (non-hydrogen) atoms. The number of thiophene rings is 1. The fourth-order valence-electron chi connectivity index (χ4n) is 3.34. The molecule has 0 radical (unpaired) electrons. The number of nitrogens with zero attached hydrogens (tertiary/aromatic N) is 2. The number of fused-ring (bicyclic) bond motifs is 3. The van der Waals surface area contributed by atoms with Gasteiger partial charge in [-0.15, -0.1) is 11.3 Å². The summed E-state index contributed by atoms with van der Waals surface area (Å²) in [6, 6.07) is 6.97. The van der Waals surface area contributed by atoms with Crippen molar-refractivity contribution in [3.8, 4) is 5.75 Å². The number of methoxy groups -OCH3 is 1. The molecule has 0 amide bonds. The highest BCUT2D eigenvalue weighted by molar-refractivity contribution is 7.18. The Kier molecular flexibility index (Phi) is 4.13. The van der Waals surface area contributed by atoms with E-state index in [4.69, 9.17) is 4.74 Å². The van der Waals surface area contributed by atoms with Gasteiger partial charge in [0.25, 0.3) is 5.56 Å². The number of rotatable bonds is 4. The van der Waals surface area contributed by atoms with Crippen LogP contribution >= 0.6 is 11.3 Å². The van der Waals surface area contributed by atoms with Crippen LogP contribution in [-0.4, -0.2) is 22.4 Å². The summed E-state index contributed by atoms with van der Waals surface area (Å²) in [4.78, 5) is 32.0. The summed E-state index contributed by atoms with van der Waals surface area (Å²) in [6.07, 6.45) is 5.72. The highest BCUT2D eigenvalue weighted by Gasteiger charge is 2.20. The smallest absolute Gasteiger partial charge is 0.262 e. The van der Waals surface area contributed by atoms with Crippen molar-refractivity contribution < 1.29 is 9.53 Å². The standard InChI is InChI=1S/C19H18N2O3S/c1-24-13-6-4-5-12(9-13)15(22)10-21-11-20-18-17(19(21)23)14-7-2-3-8-16(14)25-18/h4-6,9,11H,2-3,7-8,10H2,1H3. The largest absolute Gasteiger partial charge is 0.497 e. The van der Waals surface area contributed by atoms with Crippen molar-refractivity contribution in [3.05, 3.63) is 57.0 Å². The Labute approximate surface area is 148 Å². The molecule has 1 aliphatic rings. The highest BCUT2D eigenvalue weighted by Crippen LogP contribution is 2.33. The number of carbonyl (C=O) groups excluding carboxylic acids is 1. The topological polar surface area (TPSA) is 61.2 Å². The molecule has 0 unspecified atom stereocenters. The third-order valence-electron chi connectivity index (χ3n) is 4.65. The van der Waals surface area contributed by atoms with Crippen LogP contribution in [-0.2, 0) is 19.4 Å². The van der Waals surface area contributed by atoms with E-state index in [0.717, 1.165) is 29.7 Å². The Hall–Kier alpha value is -2.47. The van der Waals surface area contributed by atoms with Crippen molar-refractivity contribution in [1.82, 2.24) is 9.55 Å². The van der Waals surface area contributed by atoms with Gasteiger partial charge in [0.2, 0.25) is 0 Å². The van der Waals surface area contributed by atoms with E-state index in [9.17, 15) is 9.59 Å². The molecule has 4 rings (SSSR count). The van der Waals surface area contributed by atoms with E-state index < -0.39 is 0 Å². The molecule has 5 nitrogen and oxygen atoms in total. The predicted molar refractivity (Wildman–Crippen MR) is 97.8 cm³/mol. The number of hydrogen-bond acceptors (Lipinski definition) is 5. The minimum atomic E-state index is -0.133. The maximum atomic E-state index is 12.9. The lowest BCUT2D eigenvalue weighted by atomic mass is 9.97. The van der Waals surface area contributed by atoms with Gasteiger partial charge in [-0.2, -0.15) is 0 Å². The summed E-state index contributed by atoms with van der Waals surface area (Å²) in [5, 5.41) is 0.709. The summed E-state index contributed by atoms with van der Waals surface area (Å²) in [7, 11) is 1.56. The minimum absolute atomic E-state index is 0.0143. The number of ether oxygens (including phenoxy) is 1. The van der Waals surface area contributed by atoms with Crippen LogP contribution in [0.1, 0.15) is 33.6 Å². The Morgan fingerprint density at radius 2 is 2.16 bits per heavy atom. The van der Waals surface area contributed by atoms with Crippen molar-refractivity contribution in [2.45, 2.75) is 32.2 Å². The average Bonchev–Trinajstić information content (AvgIpc) is 3.03. The molecule has 0 spiro atoms. The van der Waals surface area contributed by atoms with E-state index in [2.05, 4.69) is 4.98 Å². The average molecular weight is 354 g/mol. The summed E-state index contributed by atoms with van der Waals surface area (Å²) < 4.78 is 6.58. The molecule has 1 aromatic carbocycles. The van der Waals surface area contributed by atoms with Crippen LogP contribution in [0.5, 0.6) is 5.75 Å². The molecule has 0 atom stereocenters. The van der Waals surface area contributed by atoms with Gasteiger partial charge in [-0.25, -0.2) is 4.98 Å². The Balaban J connectivity index is 1.71. The first-order valence-corrected chi connectivity index (χ1v) is 9.16. The van der Waals surface area contributed by atoms with Crippen molar-refractivity contribution in [2.24, 2.45) is 0 Å². The van der Waals surface area contributed by atoms with Crippen molar-refractivity contribution in [2.75, 3.05) is 7.11 Å². The van der Waals surface area contributed by atoms with E-state index >= 15 is 0 Å². The predicted octanol–water partition coefficient (Wildman–Crippen LogP) is 3.23. The van der Waals surface area contributed by atoms with Crippen molar-refractivity contribution >= 4 is 27.3 Å². The van der Waals surface area contributed by atoms with Gasteiger partial charge in [-0.3, -0.25) is 14.2 Å². The molecule has 2 heterocycles. The molecule has 0 saturated heterocycles. The van der Waals surface area contributed by atoms with Crippen LogP contribution in [0.15, 0.2) is 35.4 Å². The second kappa shape index (κ2) is 6.44. The molecule has 6 heteroatoms. The van der Waals surface area contributed by atoms with Crippen LogP contribution in [0.25, 0.3) is 10.2 Å². The monoisotopic (exact) mass is 354 g/mol. The third-order valence-corrected chi connectivity index (χ3v) is 5.85. The number of benzene rings is 1. The van der Waals surface area contributed by atoms with Crippen molar-refractivity contribution in [1.29, 1.82) is 0 Å². The lowest BCUT2D eigenvalue weighted by Crippen LogP contribution is -2.25. The second-order valence-corrected chi connectivity index (χ2v) is 7.31. The molecule has 0 saturated carbocycles. The summed E-state index contributed by atoms with van der Waals surface area (Å²) in [5.41, 5.74) is 1.56. The summed E-state index contributed by atoms with van der Waals surface area (Å²) in [6.45, 7) is -0.0143. The minimum Gasteiger partial charge on any atom is -0.497 e. The van der Waals surface area contributed by atoms with Gasteiger partial charge in [0.15, 0.2) is 5.78 Å². The lowest BCUT2D eigenvalue weighted by Gasteiger charge is -2.10. The van der Waals surface area contributed by atoms with E-state index in [1.54, 1.807) is 42.7 Å². The van der Waals surface area contributed by atoms with Crippen LogP contribution in [0, 0.1) is 0 Å².